The quantitative estimate of drug-likeness (QED) is 0.843. The first-order valence-corrected chi connectivity index (χ1v) is 6.43. The number of thioether (sulfide) groups is 1. The van der Waals surface area contributed by atoms with E-state index in [4.69, 9.17) is 0 Å². The second-order valence-electron chi connectivity index (χ2n) is 3.98. The van der Waals surface area contributed by atoms with Crippen LogP contribution in [0.25, 0.3) is 0 Å². The van der Waals surface area contributed by atoms with E-state index in [9.17, 15) is 0 Å². The van der Waals surface area contributed by atoms with Crippen molar-refractivity contribution in [2.24, 2.45) is 7.05 Å². The molecule has 1 heterocycles. The average molecular weight is 226 g/mol. The van der Waals surface area contributed by atoms with Gasteiger partial charge in [-0.15, -0.1) is 10.2 Å². The zero-order chi connectivity index (χ0) is 10.7. The first-order chi connectivity index (χ1) is 7.31. The molecule has 1 fully saturated rings. The van der Waals surface area contributed by atoms with Crippen LogP contribution < -0.4 is 5.32 Å². The van der Waals surface area contributed by atoms with E-state index in [2.05, 4.69) is 22.4 Å². The molecule has 1 aliphatic rings. The van der Waals surface area contributed by atoms with Crippen molar-refractivity contribution < 1.29 is 0 Å². The first kappa shape index (κ1) is 11.0. The van der Waals surface area contributed by atoms with Crippen LogP contribution in [0, 0.1) is 0 Å². The van der Waals surface area contributed by atoms with Gasteiger partial charge < -0.3 is 9.88 Å². The van der Waals surface area contributed by atoms with Gasteiger partial charge in [-0.05, 0) is 19.4 Å². The van der Waals surface area contributed by atoms with Gasteiger partial charge >= 0.3 is 0 Å². The Labute approximate surface area is 94.8 Å². The average Bonchev–Trinajstić information content (AvgIpc) is 2.80. The van der Waals surface area contributed by atoms with Gasteiger partial charge in [0.1, 0.15) is 6.33 Å². The van der Waals surface area contributed by atoms with Crippen molar-refractivity contribution in [3.63, 3.8) is 0 Å². The van der Waals surface area contributed by atoms with Gasteiger partial charge in [-0.2, -0.15) is 0 Å². The third-order valence-corrected chi connectivity index (χ3v) is 4.29. The fraction of sp³-hybridized carbons (Fsp3) is 0.800. The molecular weight excluding hydrogens is 208 g/mol. The number of nitrogens with zero attached hydrogens (tertiary/aromatic N) is 3. The predicted molar refractivity (Wildman–Crippen MR) is 62.0 cm³/mol. The summed E-state index contributed by atoms with van der Waals surface area (Å²) in [5, 5.41) is 13.3. The standard InChI is InChI=1S/C10H18N4S/c1-3-11-8-5-4-6-9(8)15-10-13-12-7-14(10)2/h7-9,11H,3-6H2,1-2H3. The molecule has 2 unspecified atom stereocenters. The van der Waals surface area contributed by atoms with Gasteiger partial charge in [-0.25, -0.2) is 0 Å². The largest absolute Gasteiger partial charge is 0.313 e. The molecule has 0 aromatic carbocycles. The molecule has 0 saturated heterocycles. The van der Waals surface area contributed by atoms with Crippen LogP contribution in [0.1, 0.15) is 26.2 Å². The lowest BCUT2D eigenvalue weighted by molar-refractivity contribution is 0.549. The van der Waals surface area contributed by atoms with Crippen LogP contribution >= 0.6 is 11.8 Å². The van der Waals surface area contributed by atoms with Crippen LogP contribution in [-0.4, -0.2) is 32.6 Å². The summed E-state index contributed by atoms with van der Waals surface area (Å²) in [6, 6.07) is 0.650. The predicted octanol–water partition coefficient (Wildman–Crippen LogP) is 1.44. The fourth-order valence-electron chi connectivity index (χ4n) is 2.08. The topological polar surface area (TPSA) is 42.7 Å². The van der Waals surface area contributed by atoms with Gasteiger partial charge in [0.15, 0.2) is 5.16 Å². The molecule has 1 aromatic heterocycles. The fourth-order valence-corrected chi connectivity index (χ4v) is 3.34. The second kappa shape index (κ2) is 4.99. The Bertz CT molecular complexity index is 312. The Morgan fingerprint density at radius 1 is 1.60 bits per heavy atom. The Balaban J connectivity index is 1.96. The second-order valence-corrected chi connectivity index (χ2v) is 5.18. The maximum Gasteiger partial charge on any atom is 0.191 e. The Morgan fingerprint density at radius 3 is 3.13 bits per heavy atom. The third kappa shape index (κ3) is 2.52. The zero-order valence-corrected chi connectivity index (χ0v) is 10.1. The number of hydrogen-bond acceptors (Lipinski definition) is 4. The molecule has 0 spiro atoms. The van der Waals surface area contributed by atoms with Crippen molar-refractivity contribution in [1.29, 1.82) is 0 Å². The van der Waals surface area contributed by atoms with Crippen molar-refractivity contribution >= 4 is 11.8 Å². The van der Waals surface area contributed by atoms with Gasteiger partial charge in [0.2, 0.25) is 0 Å². The molecule has 0 bridgehead atoms. The van der Waals surface area contributed by atoms with E-state index in [1.165, 1.54) is 19.3 Å². The number of aryl methyl sites for hydroxylation is 1. The number of hydrogen-bond donors (Lipinski definition) is 1. The summed E-state index contributed by atoms with van der Waals surface area (Å²) in [7, 11) is 2.00. The highest BCUT2D eigenvalue weighted by atomic mass is 32.2. The van der Waals surface area contributed by atoms with Crippen molar-refractivity contribution in [3.05, 3.63) is 6.33 Å². The molecular formula is C10H18N4S. The summed E-state index contributed by atoms with van der Waals surface area (Å²) < 4.78 is 1.99. The maximum absolute atomic E-state index is 4.12. The summed E-state index contributed by atoms with van der Waals surface area (Å²) in [4.78, 5) is 0. The molecule has 4 nitrogen and oxygen atoms in total. The van der Waals surface area contributed by atoms with Crippen molar-refractivity contribution in [2.45, 2.75) is 42.6 Å². The normalized spacial score (nSPS) is 26.0. The SMILES string of the molecule is CCNC1CCCC1Sc1nncn1C. The minimum absolute atomic E-state index is 0.650. The lowest BCUT2D eigenvalue weighted by atomic mass is 10.2. The molecule has 1 aromatic rings. The zero-order valence-electron chi connectivity index (χ0n) is 9.31. The summed E-state index contributed by atoms with van der Waals surface area (Å²) in [5.74, 6) is 0. The van der Waals surface area contributed by atoms with Crippen LogP contribution in [0.2, 0.25) is 0 Å². The summed E-state index contributed by atoms with van der Waals surface area (Å²) in [6.07, 6.45) is 5.67. The van der Waals surface area contributed by atoms with Gasteiger partial charge in [-0.1, -0.05) is 25.1 Å². The summed E-state index contributed by atoms with van der Waals surface area (Å²) >= 11 is 1.86. The Hall–Kier alpha value is -0.550. The van der Waals surface area contributed by atoms with E-state index in [0.717, 1.165) is 11.7 Å². The molecule has 1 aliphatic carbocycles. The molecule has 1 saturated carbocycles. The first-order valence-electron chi connectivity index (χ1n) is 5.55. The Morgan fingerprint density at radius 2 is 2.47 bits per heavy atom. The Kier molecular flexibility index (Phi) is 3.64. The number of rotatable bonds is 4. The van der Waals surface area contributed by atoms with E-state index in [-0.39, 0.29) is 0 Å². The monoisotopic (exact) mass is 226 g/mol. The van der Waals surface area contributed by atoms with Crippen LogP contribution in [0.5, 0.6) is 0 Å². The lowest BCUT2D eigenvalue weighted by Crippen LogP contribution is -2.33. The summed E-state index contributed by atoms with van der Waals surface area (Å²) in [5.41, 5.74) is 0. The van der Waals surface area contributed by atoms with Crippen LogP contribution in [0.4, 0.5) is 0 Å². The van der Waals surface area contributed by atoms with Crippen molar-refractivity contribution in [1.82, 2.24) is 20.1 Å². The minimum Gasteiger partial charge on any atom is -0.313 e. The highest BCUT2D eigenvalue weighted by Crippen LogP contribution is 2.33. The highest BCUT2D eigenvalue weighted by Gasteiger charge is 2.28. The molecule has 2 rings (SSSR count). The van der Waals surface area contributed by atoms with Gasteiger partial charge in [0.25, 0.3) is 0 Å². The smallest absolute Gasteiger partial charge is 0.191 e. The van der Waals surface area contributed by atoms with E-state index >= 15 is 0 Å². The minimum atomic E-state index is 0.650. The highest BCUT2D eigenvalue weighted by molar-refractivity contribution is 7.99. The van der Waals surface area contributed by atoms with Gasteiger partial charge in [0, 0.05) is 18.3 Å². The van der Waals surface area contributed by atoms with Gasteiger partial charge in [0.05, 0.1) is 0 Å². The molecule has 1 N–H and O–H groups in total. The number of nitrogens with one attached hydrogen (secondary N) is 1. The number of aromatic nitrogens is 3. The van der Waals surface area contributed by atoms with Crippen LogP contribution in [-0.2, 0) is 7.05 Å². The molecule has 0 aliphatic heterocycles. The molecule has 0 radical (unpaired) electrons. The third-order valence-electron chi connectivity index (χ3n) is 2.85. The summed E-state index contributed by atoms with van der Waals surface area (Å²) in [6.45, 7) is 3.23. The molecule has 15 heavy (non-hydrogen) atoms. The van der Waals surface area contributed by atoms with Crippen molar-refractivity contribution in [2.75, 3.05) is 6.54 Å². The lowest BCUT2D eigenvalue weighted by Gasteiger charge is -2.18. The van der Waals surface area contributed by atoms with E-state index < -0.39 is 0 Å². The molecule has 0 amide bonds. The van der Waals surface area contributed by atoms with E-state index in [1.807, 2.05) is 23.4 Å². The van der Waals surface area contributed by atoms with Crippen LogP contribution in [0.3, 0.4) is 0 Å². The van der Waals surface area contributed by atoms with E-state index in [0.29, 0.717) is 11.3 Å². The maximum atomic E-state index is 4.12. The van der Waals surface area contributed by atoms with Crippen LogP contribution in [0.15, 0.2) is 11.5 Å². The van der Waals surface area contributed by atoms with Gasteiger partial charge in [-0.3, -0.25) is 0 Å². The molecule has 2 atom stereocenters. The van der Waals surface area contributed by atoms with E-state index in [1.54, 1.807) is 6.33 Å². The molecule has 5 heteroatoms. The molecule has 84 valence electrons. The van der Waals surface area contributed by atoms with Crippen molar-refractivity contribution in [3.8, 4) is 0 Å².